The number of hydrogen-bond acceptors (Lipinski definition) is 3. The van der Waals surface area contributed by atoms with Crippen molar-refractivity contribution in [2.24, 2.45) is 0 Å². The van der Waals surface area contributed by atoms with Gasteiger partial charge in [-0.3, -0.25) is 4.79 Å². The fraction of sp³-hybridized carbons (Fsp3) is 0.0625. The van der Waals surface area contributed by atoms with E-state index in [9.17, 15) is 9.90 Å². The maximum Gasteiger partial charge on any atom is 0.256 e. The number of methoxy groups -OCH3 is 1. The first-order valence-corrected chi connectivity index (χ1v) is 7.37. The van der Waals surface area contributed by atoms with E-state index >= 15 is 0 Å². The van der Waals surface area contributed by atoms with E-state index in [1.807, 2.05) is 46.9 Å². The molecular weight excluding hydrogens is 381 g/mol. The molecule has 4 nitrogen and oxygen atoms in total. The lowest BCUT2D eigenvalue weighted by Gasteiger charge is -2.07. The van der Waals surface area contributed by atoms with Crippen molar-refractivity contribution < 1.29 is 14.6 Å². The van der Waals surface area contributed by atoms with Gasteiger partial charge in [-0.15, -0.1) is 0 Å². The molecule has 1 heterocycles. The molecule has 0 bridgehead atoms. The Morgan fingerprint density at radius 3 is 2.81 bits per heavy atom. The molecule has 0 unspecified atom stereocenters. The number of anilines is 1. The van der Waals surface area contributed by atoms with Crippen LogP contribution in [0.3, 0.4) is 0 Å². The SMILES string of the molecule is COc1cc(C=C2C(=O)Nc3ccccc32)cc(I)c1O. The second kappa shape index (κ2) is 5.40. The summed E-state index contributed by atoms with van der Waals surface area (Å²) in [4.78, 5) is 12.1. The largest absolute Gasteiger partial charge is 0.504 e. The Balaban J connectivity index is 2.11. The number of carbonyl (C=O) groups is 1. The number of fused-ring (bicyclic) bond motifs is 1. The smallest absolute Gasteiger partial charge is 0.256 e. The van der Waals surface area contributed by atoms with Crippen LogP contribution in [0.15, 0.2) is 36.4 Å². The van der Waals surface area contributed by atoms with Crippen LogP contribution in [0, 0.1) is 3.57 Å². The summed E-state index contributed by atoms with van der Waals surface area (Å²) in [5.74, 6) is 0.371. The average Bonchev–Trinajstić information content (AvgIpc) is 2.79. The van der Waals surface area contributed by atoms with Crippen molar-refractivity contribution in [2.45, 2.75) is 0 Å². The summed E-state index contributed by atoms with van der Waals surface area (Å²) in [6.45, 7) is 0. The molecule has 106 valence electrons. The van der Waals surface area contributed by atoms with Gasteiger partial charge in [0.05, 0.1) is 10.7 Å². The number of rotatable bonds is 2. The van der Waals surface area contributed by atoms with Crippen molar-refractivity contribution in [3.05, 3.63) is 51.1 Å². The molecule has 0 aliphatic carbocycles. The number of aromatic hydroxyl groups is 1. The van der Waals surface area contributed by atoms with Crippen molar-refractivity contribution in [3.63, 3.8) is 0 Å². The summed E-state index contributed by atoms with van der Waals surface area (Å²) >= 11 is 2.03. The molecule has 0 radical (unpaired) electrons. The molecule has 2 N–H and O–H groups in total. The molecule has 0 aromatic heterocycles. The summed E-state index contributed by atoms with van der Waals surface area (Å²) in [5, 5.41) is 12.7. The Morgan fingerprint density at radius 1 is 1.29 bits per heavy atom. The lowest BCUT2D eigenvalue weighted by atomic mass is 10.0. The van der Waals surface area contributed by atoms with Gasteiger partial charge in [0, 0.05) is 16.8 Å². The fourth-order valence-electron chi connectivity index (χ4n) is 2.28. The minimum atomic E-state index is -0.127. The number of halogens is 1. The van der Waals surface area contributed by atoms with E-state index in [1.165, 1.54) is 7.11 Å². The molecule has 3 rings (SSSR count). The molecule has 0 atom stereocenters. The highest BCUT2D eigenvalue weighted by Crippen LogP contribution is 2.36. The number of carbonyl (C=O) groups excluding carboxylic acids is 1. The van der Waals surface area contributed by atoms with Crippen LogP contribution in [0.5, 0.6) is 11.5 Å². The Morgan fingerprint density at radius 2 is 2.05 bits per heavy atom. The number of benzene rings is 2. The predicted octanol–water partition coefficient (Wildman–Crippen LogP) is 3.50. The normalized spacial score (nSPS) is 15.0. The van der Waals surface area contributed by atoms with Crippen LogP contribution in [-0.4, -0.2) is 18.1 Å². The van der Waals surface area contributed by atoms with Crippen LogP contribution in [0.2, 0.25) is 0 Å². The van der Waals surface area contributed by atoms with Gasteiger partial charge in [-0.1, -0.05) is 18.2 Å². The van der Waals surface area contributed by atoms with E-state index in [2.05, 4.69) is 5.32 Å². The maximum atomic E-state index is 12.1. The van der Waals surface area contributed by atoms with Crippen molar-refractivity contribution in [3.8, 4) is 11.5 Å². The molecule has 0 saturated carbocycles. The Kier molecular flexibility index (Phi) is 3.59. The summed E-state index contributed by atoms with van der Waals surface area (Å²) in [5.41, 5.74) is 3.10. The number of amides is 1. The zero-order chi connectivity index (χ0) is 15.0. The molecule has 1 aliphatic heterocycles. The average molecular weight is 393 g/mol. The number of hydrogen-bond donors (Lipinski definition) is 2. The summed E-state index contributed by atoms with van der Waals surface area (Å²) in [7, 11) is 1.50. The van der Waals surface area contributed by atoms with Crippen molar-refractivity contribution in [2.75, 3.05) is 12.4 Å². The third-order valence-corrected chi connectivity index (χ3v) is 4.11. The minimum absolute atomic E-state index is 0.108. The van der Waals surface area contributed by atoms with Gasteiger partial charge in [-0.25, -0.2) is 0 Å². The summed E-state index contributed by atoms with van der Waals surface area (Å²) in [6, 6.07) is 11.1. The molecular formula is C16H12INO3. The van der Waals surface area contributed by atoms with Gasteiger partial charge in [0.2, 0.25) is 0 Å². The van der Waals surface area contributed by atoms with Crippen LogP contribution in [0.25, 0.3) is 11.6 Å². The van der Waals surface area contributed by atoms with Crippen molar-refractivity contribution in [1.82, 2.24) is 0 Å². The van der Waals surface area contributed by atoms with Crippen LogP contribution in [0.1, 0.15) is 11.1 Å². The second-order valence-electron chi connectivity index (χ2n) is 4.61. The van der Waals surface area contributed by atoms with Crippen LogP contribution < -0.4 is 10.1 Å². The molecule has 2 aromatic carbocycles. The highest BCUT2D eigenvalue weighted by molar-refractivity contribution is 14.1. The molecule has 2 aromatic rings. The number of phenolic OH excluding ortho intramolecular Hbond substituents is 1. The number of phenols is 1. The lowest BCUT2D eigenvalue weighted by molar-refractivity contribution is -0.110. The third kappa shape index (κ3) is 2.49. The molecule has 1 amide bonds. The number of para-hydroxylation sites is 1. The van der Waals surface area contributed by atoms with E-state index in [0.29, 0.717) is 14.9 Å². The van der Waals surface area contributed by atoms with E-state index in [-0.39, 0.29) is 11.7 Å². The standard InChI is InChI=1S/C16H12INO3/c1-21-14-8-9(7-12(17)15(14)19)6-11-10-4-2-3-5-13(10)18-16(11)20/h2-8,19H,1H3,(H,18,20). The molecule has 5 heteroatoms. The van der Waals surface area contributed by atoms with Crippen molar-refractivity contribution in [1.29, 1.82) is 0 Å². The zero-order valence-corrected chi connectivity index (χ0v) is 13.3. The minimum Gasteiger partial charge on any atom is -0.504 e. The molecule has 0 saturated heterocycles. The summed E-state index contributed by atoms with van der Waals surface area (Å²) < 4.78 is 5.81. The van der Waals surface area contributed by atoms with Gasteiger partial charge < -0.3 is 15.2 Å². The van der Waals surface area contributed by atoms with E-state index < -0.39 is 0 Å². The maximum absolute atomic E-state index is 12.1. The number of ether oxygens (including phenoxy) is 1. The second-order valence-corrected chi connectivity index (χ2v) is 5.77. The van der Waals surface area contributed by atoms with Gasteiger partial charge in [0.1, 0.15) is 0 Å². The lowest BCUT2D eigenvalue weighted by Crippen LogP contribution is -2.03. The highest BCUT2D eigenvalue weighted by Gasteiger charge is 2.23. The molecule has 21 heavy (non-hydrogen) atoms. The van der Waals surface area contributed by atoms with Gasteiger partial charge in [0.15, 0.2) is 11.5 Å². The van der Waals surface area contributed by atoms with E-state index in [4.69, 9.17) is 4.74 Å². The van der Waals surface area contributed by atoms with E-state index in [1.54, 1.807) is 18.2 Å². The van der Waals surface area contributed by atoms with Crippen LogP contribution >= 0.6 is 22.6 Å². The Hall–Kier alpha value is -2.02. The molecule has 0 fully saturated rings. The third-order valence-electron chi connectivity index (χ3n) is 3.29. The van der Waals surface area contributed by atoms with Crippen LogP contribution in [-0.2, 0) is 4.79 Å². The first-order valence-electron chi connectivity index (χ1n) is 6.29. The molecule has 0 spiro atoms. The zero-order valence-electron chi connectivity index (χ0n) is 11.2. The predicted molar refractivity (Wildman–Crippen MR) is 90.3 cm³/mol. The van der Waals surface area contributed by atoms with E-state index in [0.717, 1.165) is 16.8 Å². The van der Waals surface area contributed by atoms with Crippen molar-refractivity contribution >= 4 is 45.8 Å². The first-order chi connectivity index (χ1) is 10.1. The van der Waals surface area contributed by atoms with Gasteiger partial charge in [0.25, 0.3) is 5.91 Å². The summed E-state index contributed by atoms with van der Waals surface area (Å²) in [6.07, 6.45) is 1.80. The van der Waals surface area contributed by atoms with Gasteiger partial charge in [-0.2, -0.15) is 0 Å². The van der Waals surface area contributed by atoms with Crippen LogP contribution in [0.4, 0.5) is 5.69 Å². The van der Waals surface area contributed by atoms with Gasteiger partial charge in [-0.05, 0) is 52.4 Å². The topological polar surface area (TPSA) is 58.6 Å². The Labute approximate surface area is 135 Å². The molecule has 1 aliphatic rings. The quantitative estimate of drug-likeness (QED) is 0.607. The monoisotopic (exact) mass is 393 g/mol. The number of nitrogens with one attached hydrogen (secondary N) is 1. The fourth-order valence-corrected chi connectivity index (χ4v) is 2.91. The van der Waals surface area contributed by atoms with Gasteiger partial charge >= 0.3 is 0 Å². The highest BCUT2D eigenvalue weighted by atomic mass is 127. The first kappa shape index (κ1) is 13.9. The Bertz CT molecular complexity index is 768.